The number of carbonyl (C=O) groups excluding carboxylic acids is 2. The van der Waals surface area contributed by atoms with E-state index in [1.54, 1.807) is 18.3 Å². The van der Waals surface area contributed by atoms with Gasteiger partial charge < -0.3 is 5.32 Å². The molecule has 1 aliphatic rings. The van der Waals surface area contributed by atoms with Crippen LogP contribution in [0.4, 0.5) is 0 Å². The number of thiophene rings is 1. The van der Waals surface area contributed by atoms with E-state index in [-0.39, 0.29) is 30.4 Å². The number of Topliss-reactive ketones (excluding diaryl/α,β-unsaturated/α-hetero) is 2. The standard InChI is InChI=1S/C13H13NO2S/c15-11(10-4-1-2-8-14-10)6-7-12(16)13-5-3-9-17-13/h1-5,8-10,14H,6-7H2. The van der Waals surface area contributed by atoms with Crippen molar-refractivity contribution in [3.63, 3.8) is 0 Å². The summed E-state index contributed by atoms with van der Waals surface area (Å²) in [6.45, 7) is 0. The van der Waals surface area contributed by atoms with Gasteiger partial charge in [-0.1, -0.05) is 18.2 Å². The maximum Gasteiger partial charge on any atom is 0.173 e. The zero-order valence-electron chi connectivity index (χ0n) is 9.26. The van der Waals surface area contributed by atoms with Crippen LogP contribution in [0.1, 0.15) is 22.5 Å². The molecule has 0 radical (unpaired) electrons. The van der Waals surface area contributed by atoms with Gasteiger partial charge in [-0.3, -0.25) is 9.59 Å². The number of hydrogen-bond acceptors (Lipinski definition) is 4. The van der Waals surface area contributed by atoms with Crippen molar-refractivity contribution in [2.24, 2.45) is 0 Å². The number of dihydropyridines is 1. The van der Waals surface area contributed by atoms with Gasteiger partial charge in [-0.2, -0.15) is 0 Å². The van der Waals surface area contributed by atoms with E-state index < -0.39 is 0 Å². The lowest BCUT2D eigenvalue weighted by molar-refractivity contribution is -0.119. The zero-order chi connectivity index (χ0) is 12.1. The Balaban J connectivity index is 1.82. The zero-order valence-corrected chi connectivity index (χ0v) is 10.1. The van der Waals surface area contributed by atoms with E-state index in [1.807, 2.05) is 23.6 Å². The van der Waals surface area contributed by atoms with E-state index in [0.29, 0.717) is 0 Å². The Morgan fingerprint density at radius 3 is 2.82 bits per heavy atom. The van der Waals surface area contributed by atoms with Crippen LogP contribution < -0.4 is 5.32 Å². The minimum absolute atomic E-state index is 0.0451. The van der Waals surface area contributed by atoms with E-state index in [9.17, 15) is 9.59 Å². The molecular formula is C13H13NO2S. The molecule has 0 amide bonds. The summed E-state index contributed by atoms with van der Waals surface area (Å²) in [7, 11) is 0. The average Bonchev–Trinajstić information content (AvgIpc) is 2.90. The topological polar surface area (TPSA) is 46.2 Å². The van der Waals surface area contributed by atoms with Crippen LogP contribution in [0.25, 0.3) is 0 Å². The fourth-order valence-corrected chi connectivity index (χ4v) is 2.29. The lowest BCUT2D eigenvalue weighted by atomic mass is 10.0. The Labute approximate surface area is 104 Å². The van der Waals surface area contributed by atoms with Crippen molar-refractivity contribution in [1.29, 1.82) is 0 Å². The summed E-state index contributed by atoms with van der Waals surface area (Å²) in [5.74, 6) is 0.0965. The highest BCUT2D eigenvalue weighted by atomic mass is 32.1. The highest BCUT2D eigenvalue weighted by Crippen LogP contribution is 2.13. The number of rotatable bonds is 5. The normalized spacial score (nSPS) is 17.8. The molecule has 1 aromatic heterocycles. The monoisotopic (exact) mass is 247 g/mol. The van der Waals surface area contributed by atoms with Gasteiger partial charge in [0.05, 0.1) is 4.88 Å². The van der Waals surface area contributed by atoms with E-state index in [2.05, 4.69) is 5.32 Å². The number of nitrogens with one attached hydrogen (secondary N) is 1. The Morgan fingerprint density at radius 1 is 1.29 bits per heavy atom. The molecule has 1 unspecified atom stereocenters. The van der Waals surface area contributed by atoms with Crippen molar-refractivity contribution in [2.45, 2.75) is 18.9 Å². The number of allylic oxidation sites excluding steroid dienone is 2. The van der Waals surface area contributed by atoms with Crippen LogP contribution in [0, 0.1) is 0 Å². The fraction of sp³-hybridized carbons (Fsp3) is 0.231. The van der Waals surface area contributed by atoms with Gasteiger partial charge in [0.25, 0.3) is 0 Å². The van der Waals surface area contributed by atoms with Crippen LogP contribution in [0.3, 0.4) is 0 Å². The molecule has 0 bridgehead atoms. The van der Waals surface area contributed by atoms with Gasteiger partial charge in [0.15, 0.2) is 11.6 Å². The third-order valence-corrected chi connectivity index (χ3v) is 3.44. The van der Waals surface area contributed by atoms with Crippen molar-refractivity contribution in [3.05, 3.63) is 46.8 Å². The van der Waals surface area contributed by atoms with Crippen molar-refractivity contribution in [2.75, 3.05) is 0 Å². The molecule has 3 nitrogen and oxygen atoms in total. The summed E-state index contributed by atoms with van der Waals surface area (Å²) < 4.78 is 0. The molecule has 0 aromatic carbocycles. The summed E-state index contributed by atoms with van der Waals surface area (Å²) in [5, 5.41) is 4.82. The van der Waals surface area contributed by atoms with Gasteiger partial charge in [-0.05, 0) is 23.7 Å². The van der Waals surface area contributed by atoms with E-state index in [4.69, 9.17) is 0 Å². The van der Waals surface area contributed by atoms with Crippen LogP contribution in [0.5, 0.6) is 0 Å². The van der Waals surface area contributed by atoms with Gasteiger partial charge in [0, 0.05) is 12.8 Å². The van der Waals surface area contributed by atoms with Gasteiger partial charge >= 0.3 is 0 Å². The van der Waals surface area contributed by atoms with Gasteiger partial charge in [-0.25, -0.2) is 0 Å². The number of carbonyl (C=O) groups is 2. The van der Waals surface area contributed by atoms with Crippen LogP contribution >= 0.6 is 11.3 Å². The molecule has 1 aliphatic heterocycles. The molecule has 0 fully saturated rings. The Morgan fingerprint density at radius 2 is 2.18 bits per heavy atom. The average molecular weight is 247 g/mol. The highest BCUT2D eigenvalue weighted by molar-refractivity contribution is 7.12. The SMILES string of the molecule is O=C(CCC(=O)C1C=CC=CN1)c1cccs1. The molecular weight excluding hydrogens is 234 g/mol. The van der Waals surface area contributed by atoms with Gasteiger partial charge in [0.1, 0.15) is 6.04 Å². The molecule has 0 saturated heterocycles. The van der Waals surface area contributed by atoms with Crippen molar-refractivity contribution >= 4 is 22.9 Å². The van der Waals surface area contributed by atoms with E-state index >= 15 is 0 Å². The summed E-state index contributed by atoms with van der Waals surface area (Å²) >= 11 is 1.42. The highest BCUT2D eigenvalue weighted by Gasteiger charge is 2.16. The van der Waals surface area contributed by atoms with Gasteiger partial charge in [0.2, 0.25) is 0 Å². The first kappa shape index (κ1) is 11.8. The third kappa shape index (κ3) is 3.14. The molecule has 0 saturated carbocycles. The molecule has 2 heterocycles. The molecule has 0 spiro atoms. The number of hydrogen-bond donors (Lipinski definition) is 1. The minimum Gasteiger partial charge on any atom is -0.378 e. The molecule has 1 atom stereocenters. The third-order valence-electron chi connectivity index (χ3n) is 2.53. The second-order valence-electron chi connectivity index (χ2n) is 3.76. The molecule has 0 aliphatic carbocycles. The molecule has 17 heavy (non-hydrogen) atoms. The maximum absolute atomic E-state index is 11.8. The molecule has 88 valence electrons. The minimum atomic E-state index is -0.281. The first-order valence-corrected chi connectivity index (χ1v) is 6.34. The Kier molecular flexibility index (Phi) is 3.88. The summed E-state index contributed by atoms with van der Waals surface area (Å²) in [4.78, 5) is 24.2. The summed E-state index contributed by atoms with van der Waals surface area (Å²) in [6, 6.07) is 3.35. The van der Waals surface area contributed by atoms with Crippen molar-refractivity contribution < 1.29 is 9.59 Å². The first-order valence-electron chi connectivity index (χ1n) is 5.46. The smallest absolute Gasteiger partial charge is 0.173 e. The van der Waals surface area contributed by atoms with Crippen LogP contribution in [0.15, 0.2) is 41.9 Å². The van der Waals surface area contributed by atoms with Crippen molar-refractivity contribution in [1.82, 2.24) is 5.32 Å². The van der Waals surface area contributed by atoms with Crippen molar-refractivity contribution in [3.8, 4) is 0 Å². The molecule has 1 N–H and O–H groups in total. The predicted octanol–water partition coefficient (Wildman–Crippen LogP) is 2.32. The summed E-state index contributed by atoms with van der Waals surface area (Å²) in [5.41, 5.74) is 0. The molecule has 2 rings (SSSR count). The quantitative estimate of drug-likeness (QED) is 0.812. The van der Waals surface area contributed by atoms with E-state index in [1.165, 1.54) is 11.3 Å². The molecule has 1 aromatic rings. The second kappa shape index (κ2) is 5.59. The van der Waals surface area contributed by atoms with Crippen LogP contribution in [0.2, 0.25) is 0 Å². The lowest BCUT2D eigenvalue weighted by Crippen LogP contribution is -2.32. The Bertz CT molecular complexity index is 460. The fourth-order valence-electron chi connectivity index (χ4n) is 1.60. The lowest BCUT2D eigenvalue weighted by Gasteiger charge is -2.13. The molecule has 4 heteroatoms. The summed E-state index contributed by atoms with van der Waals surface area (Å²) in [6.07, 6.45) is 7.78. The van der Waals surface area contributed by atoms with E-state index in [0.717, 1.165) is 4.88 Å². The van der Waals surface area contributed by atoms with Crippen LogP contribution in [-0.2, 0) is 4.79 Å². The predicted molar refractivity (Wildman–Crippen MR) is 68.1 cm³/mol. The maximum atomic E-state index is 11.8. The Hall–Kier alpha value is -1.68. The first-order chi connectivity index (χ1) is 8.27. The van der Waals surface area contributed by atoms with Gasteiger partial charge in [-0.15, -0.1) is 11.3 Å². The second-order valence-corrected chi connectivity index (χ2v) is 4.70. The largest absolute Gasteiger partial charge is 0.378 e. The number of ketones is 2. The van der Waals surface area contributed by atoms with Crippen LogP contribution in [-0.4, -0.2) is 17.6 Å².